The van der Waals surface area contributed by atoms with Crippen LogP contribution in [0.15, 0.2) is 24.3 Å². The maximum atomic E-state index is 5.95. The summed E-state index contributed by atoms with van der Waals surface area (Å²) in [6, 6.07) is 8.16. The van der Waals surface area contributed by atoms with E-state index < -0.39 is 0 Å². The molecule has 0 aromatic heterocycles. The average molecular weight is 298 g/mol. The molecule has 0 aliphatic rings. The molecule has 114 valence electrons. The minimum atomic E-state index is 0.144. The van der Waals surface area contributed by atoms with Gasteiger partial charge in [0.1, 0.15) is 0 Å². The van der Waals surface area contributed by atoms with Crippen LogP contribution >= 0.6 is 11.6 Å². The normalized spacial score (nSPS) is 15.1. The number of hydrogen-bond acceptors (Lipinski definition) is 2. The van der Waals surface area contributed by atoms with Crippen molar-refractivity contribution in [1.29, 1.82) is 0 Å². The third kappa shape index (κ3) is 6.74. The van der Waals surface area contributed by atoms with Crippen LogP contribution < -0.4 is 5.32 Å². The summed E-state index contributed by atoms with van der Waals surface area (Å²) < 4.78 is 5.32. The third-order valence-electron chi connectivity index (χ3n) is 3.54. The van der Waals surface area contributed by atoms with Crippen LogP contribution in [0.5, 0.6) is 0 Å². The number of rotatable bonds is 7. The molecule has 0 amide bonds. The molecular weight excluding hydrogens is 270 g/mol. The first-order valence-electron chi connectivity index (χ1n) is 7.30. The van der Waals surface area contributed by atoms with Crippen LogP contribution in [0.2, 0.25) is 5.02 Å². The lowest BCUT2D eigenvalue weighted by Gasteiger charge is -2.29. The van der Waals surface area contributed by atoms with E-state index in [1.54, 1.807) is 7.11 Å². The number of halogens is 1. The molecule has 0 aliphatic heterocycles. The van der Waals surface area contributed by atoms with Crippen LogP contribution in [0.4, 0.5) is 0 Å². The molecule has 2 unspecified atom stereocenters. The zero-order valence-corrected chi connectivity index (χ0v) is 14.1. The van der Waals surface area contributed by atoms with E-state index in [9.17, 15) is 0 Å². The highest BCUT2D eigenvalue weighted by molar-refractivity contribution is 6.30. The van der Waals surface area contributed by atoms with Crippen molar-refractivity contribution in [2.75, 3.05) is 20.3 Å². The van der Waals surface area contributed by atoms with Crippen molar-refractivity contribution in [3.05, 3.63) is 34.9 Å². The fourth-order valence-electron chi connectivity index (χ4n) is 2.23. The zero-order valence-electron chi connectivity index (χ0n) is 13.4. The maximum absolute atomic E-state index is 5.95. The second-order valence-corrected chi connectivity index (χ2v) is 7.09. The topological polar surface area (TPSA) is 21.3 Å². The molecule has 0 heterocycles. The van der Waals surface area contributed by atoms with Crippen LogP contribution in [0.3, 0.4) is 0 Å². The Kier molecular flexibility index (Phi) is 7.01. The average Bonchev–Trinajstić information content (AvgIpc) is 2.36. The molecule has 0 bridgehead atoms. The van der Waals surface area contributed by atoms with E-state index >= 15 is 0 Å². The van der Waals surface area contributed by atoms with Crippen LogP contribution in [-0.4, -0.2) is 25.8 Å². The Morgan fingerprint density at radius 2 is 1.80 bits per heavy atom. The van der Waals surface area contributed by atoms with E-state index in [1.807, 2.05) is 12.1 Å². The predicted octanol–water partition coefficient (Wildman–Crippen LogP) is 4.17. The van der Waals surface area contributed by atoms with Crippen molar-refractivity contribution in [3.8, 4) is 0 Å². The number of hydrogen-bond donors (Lipinski definition) is 1. The Balaban J connectivity index is 2.68. The van der Waals surface area contributed by atoms with Gasteiger partial charge in [-0.25, -0.2) is 0 Å². The molecule has 0 saturated heterocycles. The molecule has 2 nitrogen and oxygen atoms in total. The van der Waals surface area contributed by atoms with Crippen molar-refractivity contribution in [1.82, 2.24) is 5.32 Å². The van der Waals surface area contributed by atoms with Gasteiger partial charge in [-0.05, 0) is 63.3 Å². The van der Waals surface area contributed by atoms with E-state index in [1.165, 1.54) is 5.56 Å². The quantitative estimate of drug-likeness (QED) is 0.815. The highest BCUT2D eigenvalue weighted by atomic mass is 35.5. The Labute approximate surface area is 128 Å². The molecule has 1 aromatic carbocycles. The van der Waals surface area contributed by atoms with Gasteiger partial charge in [0.2, 0.25) is 0 Å². The van der Waals surface area contributed by atoms with E-state index in [2.05, 4.69) is 45.1 Å². The fraction of sp³-hybridized carbons (Fsp3) is 0.647. The first-order chi connectivity index (χ1) is 9.31. The molecule has 0 radical (unpaired) electrons. The van der Waals surface area contributed by atoms with Gasteiger partial charge >= 0.3 is 0 Å². The summed E-state index contributed by atoms with van der Waals surface area (Å²) in [6.07, 6.45) is 1.05. The van der Waals surface area contributed by atoms with Crippen molar-refractivity contribution < 1.29 is 4.74 Å². The molecule has 0 saturated carbocycles. The number of ether oxygens (including phenoxy) is 1. The Morgan fingerprint density at radius 1 is 1.20 bits per heavy atom. The molecule has 0 aliphatic carbocycles. The monoisotopic (exact) mass is 297 g/mol. The number of benzene rings is 1. The standard InChI is InChI=1S/C17H28ClNO/c1-13(12-20-5)15(11-19-17(2,3)4)10-14-6-8-16(18)9-7-14/h6-9,13,15,19H,10-12H2,1-5H3. The molecule has 2 atom stereocenters. The lowest BCUT2D eigenvalue weighted by molar-refractivity contribution is 0.125. The predicted molar refractivity (Wildman–Crippen MR) is 87.4 cm³/mol. The van der Waals surface area contributed by atoms with Gasteiger partial charge in [-0.15, -0.1) is 0 Å². The number of methoxy groups -OCH3 is 1. The summed E-state index contributed by atoms with van der Waals surface area (Å²) in [6.45, 7) is 10.7. The van der Waals surface area contributed by atoms with Gasteiger partial charge in [-0.1, -0.05) is 30.7 Å². The molecule has 1 rings (SSSR count). The first kappa shape index (κ1) is 17.5. The van der Waals surface area contributed by atoms with Gasteiger partial charge in [-0.2, -0.15) is 0 Å². The van der Waals surface area contributed by atoms with Gasteiger partial charge in [0, 0.05) is 24.3 Å². The summed E-state index contributed by atoms with van der Waals surface area (Å²) >= 11 is 5.95. The van der Waals surface area contributed by atoms with E-state index in [4.69, 9.17) is 16.3 Å². The van der Waals surface area contributed by atoms with E-state index in [0.29, 0.717) is 11.8 Å². The Morgan fingerprint density at radius 3 is 2.30 bits per heavy atom. The minimum absolute atomic E-state index is 0.144. The van der Waals surface area contributed by atoms with Crippen molar-refractivity contribution in [2.45, 2.75) is 39.7 Å². The van der Waals surface area contributed by atoms with Gasteiger partial charge in [-0.3, -0.25) is 0 Å². The summed E-state index contributed by atoms with van der Waals surface area (Å²) in [5.74, 6) is 1.07. The fourth-order valence-corrected chi connectivity index (χ4v) is 2.36. The molecule has 20 heavy (non-hydrogen) atoms. The lowest BCUT2D eigenvalue weighted by Crippen LogP contribution is -2.41. The molecule has 1 N–H and O–H groups in total. The first-order valence-corrected chi connectivity index (χ1v) is 7.68. The number of nitrogens with one attached hydrogen (secondary N) is 1. The Bertz CT molecular complexity index is 383. The largest absolute Gasteiger partial charge is 0.384 e. The Hall–Kier alpha value is -0.570. The zero-order chi connectivity index (χ0) is 15.2. The van der Waals surface area contributed by atoms with Crippen molar-refractivity contribution >= 4 is 11.6 Å². The molecule has 3 heteroatoms. The molecule has 1 aromatic rings. The maximum Gasteiger partial charge on any atom is 0.0491 e. The third-order valence-corrected chi connectivity index (χ3v) is 3.79. The lowest BCUT2D eigenvalue weighted by atomic mass is 9.87. The van der Waals surface area contributed by atoms with E-state index in [-0.39, 0.29) is 5.54 Å². The van der Waals surface area contributed by atoms with Crippen molar-refractivity contribution in [3.63, 3.8) is 0 Å². The van der Waals surface area contributed by atoms with Gasteiger partial charge < -0.3 is 10.1 Å². The van der Waals surface area contributed by atoms with Crippen LogP contribution in [0.25, 0.3) is 0 Å². The molecular formula is C17H28ClNO. The van der Waals surface area contributed by atoms with Gasteiger partial charge in [0.25, 0.3) is 0 Å². The minimum Gasteiger partial charge on any atom is -0.384 e. The highest BCUT2D eigenvalue weighted by Crippen LogP contribution is 2.20. The van der Waals surface area contributed by atoms with E-state index in [0.717, 1.165) is 24.6 Å². The smallest absolute Gasteiger partial charge is 0.0491 e. The summed E-state index contributed by atoms with van der Waals surface area (Å²) in [4.78, 5) is 0. The van der Waals surface area contributed by atoms with Gasteiger partial charge in [0.05, 0.1) is 0 Å². The van der Waals surface area contributed by atoms with Crippen LogP contribution in [-0.2, 0) is 11.2 Å². The van der Waals surface area contributed by atoms with Gasteiger partial charge in [0.15, 0.2) is 0 Å². The highest BCUT2D eigenvalue weighted by Gasteiger charge is 2.20. The summed E-state index contributed by atoms with van der Waals surface area (Å²) in [5.41, 5.74) is 1.48. The van der Waals surface area contributed by atoms with Crippen LogP contribution in [0.1, 0.15) is 33.3 Å². The second-order valence-electron chi connectivity index (χ2n) is 6.65. The van der Waals surface area contributed by atoms with Crippen molar-refractivity contribution in [2.24, 2.45) is 11.8 Å². The SMILES string of the molecule is COCC(C)C(CNC(C)(C)C)Cc1ccc(Cl)cc1. The summed E-state index contributed by atoms with van der Waals surface area (Å²) in [5, 5.41) is 4.41. The molecule has 0 spiro atoms. The van der Waals surface area contributed by atoms with Crippen LogP contribution in [0, 0.1) is 11.8 Å². The summed E-state index contributed by atoms with van der Waals surface area (Å²) in [7, 11) is 1.77. The molecule has 0 fully saturated rings. The second kappa shape index (κ2) is 8.02.